The maximum absolute atomic E-state index is 5.86. The minimum absolute atomic E-state index is 0.510. The quantitative estimate of drug-likeness (QED) is 0.878. The molecule has 0 fully saturated rings. The molecule has 0 bridgehead atoms. The lowest BCUT2D eigenvalue weighted by Gasteiger charge is -2.14. The molecule has 1 heterocycles. The standard InChI is InChI=1S/C17H23N3O/c1-12(2)11-21-16-8-6-5-7-15(16)10-19-17-14(4)18-9-13(3)20-17/h5-9,12H,10-11H2,1-4H3,(H,19,20). The highest BCUT2D eigenvalue weighted by molar-refractivity contribution is 5.42. The molecule has 21 heavy (non-hydrogen) atoms. The summed E-state index contributed by atoms with van der Waals surface area (Å²) in [7, 11) is 0. The summed E-state index contributed by atoms with van der Waals surface area (Å²) in [6.45, 7) is 9.58. The van der Waals surface area contributed by atoms with Gasteiger partial charge in [0, 0.05) is 18.3 Å². The van der Waals surface area contributed by atoms with Crippen LogP contribution in [0.4, 0.5) is 5.82 Å². The van der Waals surface area contributed by atoms with Crippen molar-refractivity contribution in [3.05, 3.63) is 47.4 Å². The number of nitrogens with zero attached hydrogens (tertiary/aromatic N) is 2. The first-order chi connectivity index (χ1) is 10.1. The smallest absolute Gasteiger partial charge is 0.148 e. The van der Waals surface area contributed by atoms with Crippen LogP contribution >= 0.6 is 0 Å². The van der Waals surface area contributed by atoms with Crippen LogP contribution in [0.3, 0.4) is 0 Å². The van der Waals surface area contributed by atoms with Gasteiger partial charge in [-0.05, 0) is 25.8 Å². The highest BCUT2D eigenvalue weighted by atomic mass is 16.5. The number of anilines is 1. The fourth-order valence-electron chi connectivity index (χ4n) is 1.93. The lowest BCUT2D eigenvalue weighted by atomic mass is 10.2. The predicted molar refractivity (Wildman–Crippen MR) is 85.6 cm³/mol. The van der Waals surface area contributed by atoms with Crippen molar-refractivity contribution in [1.82, 2.24) is 9.97 Å². The molecule has 1 aromatic heterocycles. The molecule has 4 heteroatoms. The maximum atomic E-state index is 5.86. The van der Waals surface area contributed by atoms with E-state index < -0.39 is 0 Å². The molecule has 0 atom stereocenters. The molecule has 0 radical (unpaired) electrons. The monoisotopic (exact) mass is 285 g/mol. The molecule has 0 aliphatic heterocycles. The van der Waals surface area contributed by atoms with Crippen LogP contribution in [0.25, 0.3) is 0 Å². The van der Waals surface area contributed by atoms with Gasteiger partial charge < -0.3 is 10.1 Å². The molecule has 0 saturated heterocycles. The second-order valence-corrected chi connectivity index (χ2v) is 5.61. The van der Waals surface area contributed by atoms with Gasteiger partial charge >= 0.3 is 0 Å². The first kappa shape index (κ1) is 15.3. The van der Waals surface area contributed by atoms with E-state index in [1.54, 1.807) is 6.20 Å². The Bertz CT molecular complexity index is 596. The average Bonchev–Trinajstić information content (AvgIpc) is 2.47. The van der Waals surface area contributed by atoms with Crippen molar-refractivity contribution in [3.63, 3.8) is 0 Å². The zero-order valence-electron chi connectivity index (χ0n) is 13.2. The molecule has 0 unspecified atom stereocenters. The molecule has 0 aliphatic carbocycles. The summed E-state index contributed by atoms with van der Waals surface area (Å²) in [4.78, 5) is 8.79. The SMILES string of the molecule is Cc1cnc(C)c(NCc2ccccc2OCC(C)C)n1. The Morgan fingerprint density at radius 2 is 1.95 bits per heavy atom. The van der Waals surface area contributed by atoms with E-state index >= 15 is 0 Å². The van der Waals surface area contributed by atoms with E-state index in [0.29, 0.717) is 12.5 Å². The molecule has 4 nitrogen and oxygen atoms in total. The number of para-hydroxylation sites is 1. The molecule has 2 aromatic rings. The van der Waals surface area contributed by atoms with E-state index in [2.05, 4.69) is 35.2 Å². The molecule has 2 rings (SSSR count). The largest absolute Gasteiger partial charge is 0.493 e. The normalized spacial score (nSPS) is 10.7. The number of aryl methyl sites for hydroxylation is 2. The zero-order chi connectivity index (χ0) is 15.2. The van der Waals surface area contributed by atoms with E-state index in [0.717, 1.165) is 35.1 Å². The minimum atomic E-state index is 0.510. The highest BCUT2D eigenvalue weighted by Gasteiger charge is 2.06. The van der Waals surface area contributed by atoms with Crippen molar-refractivity contribution in [2.24, 2.45) is 5.92 Å². The summed E-state index contributed by atoms with van der Waals surface area (Å²) in [5.74, 6) is 2.27. The van der Waals surface area contributed by atoms with E-state index in [-0.39, 0.29) is 0 Å². The molecule has 0 amide bonds. The van der Waals surface area contributed by atoms with Crippen LogP contribution in [-0.2, 0) is 6.54 Å². The zero-order valence-corrected chi connectivity index (χ0v) is 13.2. The fourth-order valence-corrected chi connectivity index (χ4v) is 1.93. The Labute approximate surface area is 126 Å². The summed E-state index contributed by atoms with van der Waals surface area (Å²) < 4.78 is 5.86. The maximum Gasteiger partial charge on any atom is 0.148 e. The van der Waals surface area contributed by atoms with Gasteiger partial charge in [0.15, 0.2) is 0 Å². The lowest BCUT2D eigenvalue weighted by molar-refractivity contribution is 0.269. The number of aromatic nitrogens is 2. The number of benzene rings is 1. The van der Waals surface area contributed by atoms with Crippen LogP contribution in [0.2, 0.25) is 0 Å². The summed E-state index contributed by atoms with van der Waals surface area (Å²) >= 11 is 0. The van der Waals surface area contributed by atoms with Crippen LogP contribution in [0, 0.1) is 19.8 Å². The molecular weight excluding hydrogens is 262 g/mol. The second-order valence-electron chi connectivity index (χ2n) is 5.61. The molecule has 1 N–H and O–H groups in total. The highest BCUT2D eigenvalue weighted by Crippen LogP contribution is 2.20. The van der Waals surface area contributed by atoms with Crippen LogP contribution in [-0.4, -0.2) is 16.6 Å². The summed E-state index contributed by atoms with van der Waals surface area (Å²) in [5, 5.41) is 3.34. The third kappa shape index (κ3) is 4.45. The Hall–Kier alpha value is -2.10. The summed E-state index contributed by atoms with van der Waals surface area (Å²) in [6, 6.07) is 8.10. The third-order valence-corrected chi connectivity index (χ3v) is 3.07. The van der Waals surface area contributed by atoms with Crippen molar-refractivity contribution < 1.29 is 4.74 Å². The Morgan fingerprint density at radius 3 is 2.71 bits per heavy atom. The van der Waals surface area contributed by atoms with E-state index in [1.165, 1.54) is 0 Å². The van der Waals surface area contributed by atoms with Gasteiger partial charge in [-0.3, -0.25) is 4.98 Å². The number of nitrogens with one attached hydrogen (secondary N) is 1. The number of ether oxygens (including phenoxy) is 1. The number of rotatable bonds is 6. The Kier molecular flexibility index (Phi) is 5.14. The molecule has 112 valence electrons. The van der Waals surface area contributed by atoms with Crippen molar-refractivity contribution in [2.45, 2.75) is 34.2 Å². The van der Waals surface area contributed by atoms with E-state index in [9.17, 15) is 0 Å². The van der Waals surface area contributed by atoms with Crippen LogP contribution in [0.5, 0.6) is 5.75 Å². The molecule has 0 spiro atoms. The van der Waals surface area contributed by atoms with Crippen molar-refractivity contribution in [1.29, 1.82) is 0 Å². The van der Waals surface area contributed by atoms with Gasteiger partial charge in [0.25, 0.3) is 0 Å². The third-order valence-electron chi connectivity index (χ3n) is 3.07. The molecule has 0 aliphatic rings. The first-order valence-electron chi connectivity index (χ1n) is 7.31. The van der Waals surface area contributed by atoms with Gasteiger partial charge in [0.1, 0.15) is 11.6 Å². The van der Waals surface area contributed by atoms with Gasteiger partial charge in [-0.2, -0.15) is 0 Å². The van der Waals surface area contributed by atoms with Gasteiger partial charge in [0.2, 0.25) is 0 Å². The fraction of sp³-hybridized carbons (Fsp3) is 0.412. The first-order valence-corrected chi connectivity index (χ1v) is 7.31. The van der Waals surface area contributed by atoms with Crippen LogP contribution < -0.4 is 10.1 Å². The van der Waals surface area contributed by atoms with Gasteiger partial charge in [-0.25, -0.2) is 4.98 Å². The van der Waals surface area contributed by atoms with Gasteiger partial charge in [-0.1, -0.05) is 32.0 Å². The van der Waals surface area contributed by atoms with Crippen molar-refractivity contribution >= 4 is 5.82 Å². The van der Waals surface area contributed by atoms with Crippen molar-refractivity contribution in [3.8, 4) is 5.75 Å². The Morgan fingerprint density at radius 1 is 1.19 bits per heavy atom. The Balaban J connectivity index is 2.07. The topological polar surface area (TPSA) is 47.0 Å². The van der Waals surface area contributed by atoms with Crippen LogP contribution in [0.1, 0.15) is 30.8 Å². The molecule has 1 aromatic carbocycles. The average molecular weight is 285 g/mol. The summed E-state index contributed by atoms with van der Waals surface area (Å²) in [5.41, 5.74) is 2.94. The van der Waals surface area contributed by atoms with E-state index in [4.69, 9.17) is 4.74 Å². The molecule has 0 saturated carbocycles. The lowest BCUT2D eigenvalue weighted by Crippen LogP contribution is -2.09. The van der Waals surface area contributed by atoms with Crippen molar-refractivity contribution in [2.75, 3.05) is 11.9 Å². The second kappa shape index (κ2) is 7.07. The minimum Gasteiger partial charge on any atom is -0.493 e. The predicted octanol–water partition coefficient (Wildman–Crippen LogP) is 3.74. The molecular formula is C17H23N3O. The van der Waals surface area contributed by atoms with Gasteiger partial charge in [-0.15, -0.1) is 0 Å². The summed E-state index contributed by atoms with van der Waals surface area (Å²) in [6.07, 6.45) is 1.78. The van der Waals surface area contributed by atoms with E-state index in [1.807, 2.05) is 32.0 Å². The van der Waals surface area contributed by atoms with Gasteiger partial charge in [0.05, 0.1) is 18.0 Å². The van der Waals surface area contributed by atoms with Crippen LogP contribution in [0.15, 0.2) is 30.5 Å². The number of hydrogen-bond acceptors (Lipinski definition) is 4. The number of hydrogen-bond donors (Lipinski definition) is 1.